The van der Waals surface area contributed by atoms with E-state index in [2.05, 4.69) is 4.98 Å². The Balaban J connectivity index is 2.01. The van der Waals surface area contributed by atoms with Crippen LogP contribution < -0.4 is 0 Å². The summed E-state index contributed by atoms with van der Waals surface area (Å²) in [5.74, 6) is -3.40. The largest absolute Gasteiger partial charge is 0.477 e. The molecule has 1 aromatic heterocycles. The zero-order valence-electron chi connectivity index (χ0n) is 14.3. The summed E-state index contributed by atoms with van der Waals surface area (Å²) in [7, 11) is -3.90. The minimum atomic E-state index is -3.90. The Morgan fingerprint density at radius 3 is 2.74 bits per heavy atom. The number of hydrogen-bond donors (Lipinski definition) is 1. The molecule has 1 fully saturated rings. The molecule has 0 bridgehead atoms. The fourth-order valence-corrected chi connectivity index (χ4v) is 4.89. The summed E-state index contributed by atoms with van der Waals surface area (Å²) in [5.41, 5.74) is -0.246. The van der Waals surface area contributed by atoms with Crippen molar-refractivity contribution in [2.45, 2.75) is 18.7 Å². The molecule has 2 aliphatic heterocycles. The first-order chi connectivity index (χ1) is 12.8. The number of β-lactam (4-membered cyclic amide) rings is 1. The molecule has 3 heterocycles. The van der Waals surface area contributed by atoms with Crippen LogP contribution in [-0.2, 0) is 29.0 Å². The SMILES string of the molecule is CCC(=O)OCC1=C(C(=O)O)N2C(=O)/C(=C/c3ccccn3)C2S(=O)(=O)C1. The van der Waals surface area contributed by atoms with Gasteiger partial charge in [-0.2, -0.15) is 0 Å². The van der Waals surface area contributed by atoms with Crippen molar-refractivity contribution in [2.75, 3.05) is 12.4 Å². The maximum absolute atomic E-state index is 12.7. The van der Waals surface area contributed by atoms with E-state index in [1.54, 1.807) is 25.1 Å². The van der Waals surface area contributed by atoms with Gasteiger partial charge in [0.25, 0.3) is 5.91 Å². The standard InChI is InChI=1S/C17H16N2O7S/c1-2-13(20)26-8-10-9-27(24,25)16-12(7-11-5-3-4-6-18-11)15(21)19(16)14(10)17(22)23/h3-7,16H,2,8-9H2,1H3,(H,22,23)/b12-7-. The molecule has 0 aromatic carbocycles. The van der Waals surface area contributed by atoms with E-state index in [1.165, 1.54) is 12.3 Å². The quantitative estimate of drug-likeness (QED) is 0.431. The maximum Gasteiger partial charge on any atom is 0.352 e. The van der Waals surface area contributed by atoms with Crippen molar-refractivity contribution in [3.63, 3.8) is 0 Å². The van der Waals surface area contributed by atoms with Gasteiger partial charge in [-0.15, -0.1) is 0 Å². The fraction of sp³-hybridized carbons (Fsp3) is 0.294. The third kappa shape index (κ3) is 3.35. The van der Waals surface area contributed by atoms with Crippen molar-refractivity contribution in [3.8, 4) is 0 Å². The minimum absolute atomic E-state index is 0.0444. The monoisotopic (exact) mass is 392 g/mol. The molecule has 3 rings (SSSR count). The van der Waals surface area contributed by atoms with Gasteiger partial charge in [-0.1, -0.05) is 13.0 Å². The van der Waals surface area contributed by atoms with Gasteiger partial charge in [-0.25, -0.2) is 13.2 Å². The molecule has 1 saturated heterocycles. The summed E-state index contributed by atoms with van der Waals surface area (Å²) in [4.78, 5) is 40.3. The van der Waals surface area contributed by atoms with E-state index in [0.717, 1.165) is 4.90 Å². The van der Waals surface area contributed by atoms with Crippen molar-refractivity contribution in [1.29, 1.82) is 0 Å². The number of carboxylic acid groups (broad SMARTS) is 1. The second-order valence-corrected chi connectivity index (χ2v) is 8.02. The van der Waals surface area contributed by atoms with Gasteiger partial charge < -0.3 is 9.84 Å². The normalized spacial score (nSPS) is 22.3. The van der Waals surface area contributed by atoms with Crippen LogP contribution in [0.2, 0.25) is 0 Å². The molecule has 0 saturated carbocycles. The number of carboxylic acids is 1. The molecule has 1 aromatic rings. The van der Waals surface area contributed by atoms with Crippen LogP contribution in [0.4, 0.5) is 0 Å². The number of sulfone groups is 1. The number of pyridine rings is 1. The Morgan fingerprint density at radius 1 is 1.41 bits per heavy atom. The summed E-state index contributed by atoms with van der Waals surface area (Å²) in [6.07, 6.45) is 2.89. The van der Waals surface area contributed by atoms with Crippen LogP contribution in [0, 0.1) is 0 Å². The summed E-state index contributed by atoms with van der Waals surface area (Å²) >= 11 is 0. The average molecular weight is 392 g/mol. The van der Waals surface area contributed by atoms with Crippen molar-refractivity contribution < 1.29 is 32.6 Å². The highest BCUT2D eigenvalue weighted by Crippen LogP contribution is 2.40. The zero-order chi connectivity index (χ0) is 19.8. The summed E-state index contributed by atoms with van der Waals surface area (Å²) in [6, 6.07) is 4.95. The van der Waals surface area contributed by atoms with Gasteiger partial charge in [0.2, 0.25) is 0 Å². The predicted molar refractivity (Wildman–Crippen MR) is 92.5 cm³/mol. The molecule has 1 atom stereocenters. The van der Waals surface area contributed by atoms with Gasteiger partial charge >= 0.3 is 11.9 Å². The van der Waals surface area contributed by atoms with E-state index < -0.39 is 51.1 Å². The van der Waals surface area contributed by atoms with Crippen LogP contribution in [0.3, 0.4) is 0 Å². The van der Waals surface area contributed by atoms with Crippen LogP contribution in [0.25, 0.3) is 6.08 Å². The highest BCUT2D eigenvalue weighted by molar-refractivity contribution is 7.92. The molecule has 2 aliphatic rings. The topological polar surface area (TPSA) is 131 Å². The van der Waals surface area contributed by atoms with Gasteiger partial charge in [0.1, 0.15) is 12.3 Å². The number of amides is 1. The van der Waals surface area contributed by atoms with Crippen molar-refractivity contribution in [3.05, 3.63) is 46.9 Å². The van der Waals surface area contributed by atoms with Gasteiger partial charge in [0.15, 0.2) is 15.2 Å². The second-order valence-electron chi connectivity index (χ2n) is 5.96. The third-order valence-electron chi connectivity index (χ3n) is 4.15. The van der Waals surface area contributed by atoms with E-state index in [1.807, 2.05) is 0 Å². The van der Waals surface area contributed by atoms with Gasteiger partial charge in [-0.3, -0.25) is 19.5 Å². The lowest BCUT2D eigenvalue weighted by molar-refractivity contribution is -0.143. The molecule has 0 radical (unpaired) electrons. The van der Waals surface area contributed by atoms with Gasteiger partial charge in [0, 0.05) is 18.2 Å². The van der Waals surface area contributed by atoms with Crippen LogP contribution in [-0.4, -0.2) is 59.0 Å². The Morgan fingerprint density at radius 2 is 2.15 bits per heavy atom. The molecular weight excluding hydrogens is 376 g/mol. The third-order valence-corrected chi connectivity index (χ3v) is 6.04. The molecule has 0 aliphatic carbocycles. The first-order valence-corrected chi connectivity index (χ1v) is 9.76. The number of nitrogens with zero attached hydrogens (tertiary/aromatic N) is 2. The van der Waals surface area contributed by atoms with Crippen LogP contribution in [0.15, 0.2) is 41.2 Å². The molecule has 142 valence electrons. The molecule has 1 amide bonds. The number of ether oxygens (including phenoxy) is 1. The molecule has 10 heteroatoms. The average Bonchev–Trinajstić information content (AvgIpc) is 2.63. The minimum Gasteiger partial charge on any atom is -0.477 e. The fourth-order valence-electron chi connectivity index (χ4n) is 2.95. The number of carbonyl (C=O) groups excluding carboxylic acids is 2. The van der Waals surface area contributed by atoms with Crippen molar-refractivity contribution in [2.24, 2.45) is 0 Å². The lowest BCUT2D eigenvalue weighted by Crippen LogP contribution is -2.62. The predicted octanol–water partition coefficient (Wildman–Crippen LogP) is 0.354. The highest BCUT2D eigenvalue weighted by Gasteiger charge is 2.56. The van der Waals surface area contributed by atoms with E-state index in [-0.39, 0.29) is 17.6 Å². The molecular formula is C17H16N2O7S. The number of hydrogen-bond acceptors (Lipinski definition) is 7. The first-order valence-electron chi connectivity index (χ1n) is 8.05. The number of carbonyl (C=O) groups is 3. The molecule has 1 unspecified atom stereocenters. The van der Waals surface area contributed by atoms with E-state index >= 15 is 0 Å². The lowest BCUT2D eigenvalue weighted by Gasteiger charge is -2.45. The van der Waals surface area contributed by atoms with E-state index in [4.69, 9.17) is 4.74 Å². The van der Waals surface area contributed by atoms with Crippen molar-refractivity contribution >= 4 is 33.8 Å². The Kier molecular flexibility index (Phi) is 4.83. The summed E-state index contributed by atoms with van der Waals surface area (Å²) in [5, 5.41) is 8.11. The molecule has 1 N–H and O–H groups in total. The number of fused-ring (bicyclic) bond motifs is 1. The van der Waals surface area contributed by atoms with Crippen LogP contribution >= 0.6 is 0 Å². The Labute approximate surface area is 154 Å². The number of aliphatic carboxylic acids is 1. The lowest BCUT2D eigenvalue weighted by atomic mass is 10.0. The number of esters is 1. The van der Waals surface area contributed by atoms with Crippen LogP contribution in [0.1, 0.15) is 19.0 Å². The molecule has 27 heavy (non-hydrogen) atoms. The van der Waals surface area contributed by atoms with Crippen molar-refractivity contribution in [1.82, 2.24) is 9.88 Å². The zero-order valence-corrected chi connectivity index (χ0v) is 15.1. The Hall–Kier alpha value is -3.01. The van der Waals surface area contributed by atoms with Gasteiger partial charge in [0.05, 0.1) is 17.0 Å². The number of aromatic nitrogens is 1. The smallest absolute Gasteiger partial charge is 0.352 e. The maximum atomic E-state index is 12.7. The summed E-state index contributed by atoms with van der Waals surface area (Å²) in [6.45, 7) is 1.05. The van der Waals surface area contributed by atoms with Crippen LogP contribution in [0.5, 0.6) is 0 Å². The van der Waals surface area contributed by atoms with E-state index in [9.17, 15) is 27.9 Å². The molecule has 9 nitrogen and oxygen atoms in total. The molecule has 0 spiro atoms. The highest BCUT2D eigenvalue weighted by atomic mass is 32.2. The number of rotatable bonds is 5. The Bertz CT molecular complexity index is 980. The summed E-state index contributed by atoms with van der Waals surface area (Å²) < 4.78 is 30.2. The first kappa shape index (κ1) is 18.8. The van der Waals surface area contributed by atoms with Gasteiger partial charge in [-0.05, 0) is 18.2 Å². The second kappa shape index (κ2) is 6.95. The van der Waals surface area contributed by atoms with E-state index in [0.29, 0.717) is 5.69 Å².